The molecule has 2 saturated heterocycles. The summed E-state index contributed by atoms with van der Waals surface area (Å²) in [6.07, 6.45) is 0.183. The zero-order valence-electron chi connectivity index (χ0n) is 10.3. The number of quaternary nitrogens is 1. The van der Waals surface area contributed by atoms with Gasteiger partial charge < -0.3 is 36.4 Å². The third-order valence-electron chi connectivity index (χ3n) is 4.30. The molecule has 0 aromatic heterocycles. The number of alkyl halides is 1. The fourth-order valence-corrected chi connectivity index (χ4v) is 4.00. The Morgan fingerprint density at radius 2 is 1.79 bits per heavy atom. The SMILES string of the molecule is O=C(O)C1(C(=O)O)CC(CBr)[N+]2(CCOCC2)C1.[Br-]. The lowest BCUT2D eigenvalue weighted by Gasteiger charge is -2.42. The van der Waals surface area contributed by atoms with E-state index in [1.165, 1.54) is 0 Å². The van der Waals surface area contributed by atoms with E-state index in [-0.39, 0.29) is 36.0 Å². The maximum Gasteiger partial charge on any atom is 0.327 e. The van der Waals surface area contributed by atoms with E-state index in [0.29, 0.717) is 36.1 Å². The van der Waals surface area contributed by atoms with Crippen LogP contribution < -0.4 is 17.0 Å². The summed E-state index contributed by atoms with van der Waals surface area (Å²) in [6, 6.07) is 0.0288. The monoisotopic (exact) mass is 401 g/mol. The number of aliphatic carboxylic acids is 2. The van der Waals surface area contributed by atoms with Gasteiger partial charge in [-0.25, -0.2) is 0 Å². The predicted octanol–water partition coefficient (Wildman–Crippen LogP) is -2.84. The van der Waals surface area contributed by atoms with Gasteiger partial charge in [-0.3, -0.25) is 9.59 Å². The Bertz CT molecular complexity index is 356. The summed E-state index contributed by atoms with van der Waals surface area (Å²) < 4.78 is 5.86. The van der Waals surface area contributed by atoms with Gasteiger partial charge in [-0.05, 0) is 0 Å². The van der Waals surface area contributed by atoms with Gasteiger partial charge >= 0.3 is 11.9 Å². The molecule has 8 heteroatoms. The van der Waals surface area contributed by atoms with Crippen LogP contribution in [0.4, 0.5) is 0 Å². The van der Waals surface area contributed by atoms with Gasteiger partial charge in [-0.15, -0.1) is 0 Å². The summed E-state index contributed by atoms with van der Waals surface area (Å²) >= 11 is 3.39. The van der Waals surface area contributed by atoms with E-state index < -0.39 is 17.4 Å². The van der Waals surface area contributed by atoms with Crippen molar-refractivity contribution in [1.82, 2.24) is 0 Å². The Balaban J connectivity index is 0.00000180. The molecule has 0 saturated carbocycles. The lowest BCUT2D eigenvalue weighted by molar-refractivity contribution is -0.945. The lowest BCUT2D eigenvalue weighted by Crippen LogP contribution is -3.00. The van der Waals surface area contributed by atoms with Crippen LogP contribution in [0, 0.1) is 5.41 Å². The molecule has 0 bridgehead atoms. The molecule has 0 radical (unpaired) electrons. The molecule has 1 atom stereocenters. The number of carboxylic acid groups (broad SMARTS) is 2. The molecule has 0 aromatic carbocycles. The second-order valence-electron chi connectivity index (χ2n) is 5.14. The van der Waals surface area contributed by atoms with Gasteiger partial charge in [0.15, 0.2) is 0 Å². The molecule has 0 aliphatic carbocycles. The zero-order chi connectivity index (χ0) is 13.4. The van der Waals surface area contributed by atoms with Crippen molar-refractivity contribution in [3.63, 3.8) is 0 Å². The zero-order valence-corrected chi connectivity index (χ0v) is 13.5. The molecular weight excluding hydrogens is 386 g/mol. The molecule has 2 N–H and O–H groups in total. The first kappa shape index (κ1) is 16.9. The molecule has 1 unspecified atom stereocenters. The summed E-state index contributed by atoms with van der Waals surface area (Å²) in [5, 5.41) is 19.3. The van der Waals surface area contributed by atoms with Crippen molar-refractivity contribution in [3.05, 3.63) is 0 Å². The van der Waals surface area contributed by atoms with Crippen LogP contribution in [0.5, 0.6) is 0 Å². The molecule has 19 heavy (non-hydrogen) atoms. The molecule has 2 heterocycles. The normalized spacial score (nSPS) is 27.7. The Hall–Kier alpha value is -0.180. The second kappa shape index (κ2) is 6.07. The maximum absolute atomic E-state index is 11.4. The minimum Gasteiger partial charge on any atom is -1.00 e. The first-order valence-electron chi connectivity index (χ1n) is 5.93. The van der Waals surface area contributed by atoms with Gasteiger partial charge in [-0.1, -0.05) is 15.9 Å². The van der Waals surface area contributed by atoms with Crippen molar-refractivity contribution in [3.8, 4) is 0 Å². The smallest absolute Gasteiger partial charge is 0.327 e. The largest absolute Gasteiger partial charge is 1.00 e. The van der Waals surface area contributed by atoms with Gasteiger partial charge in [0.25, 0.3) is 0 Å². The second-order valence-corrected chi connectivity index (χ2v) is 5.79. The van der Waals surface area contributed by atoms with E-state index in [9.17, 15) is 19.8 Å². The van der Waals surface area contributed by atoms with Crippen LogP contribution in [0.3, 0.4) is 0 Å². The van der Waals surface area contributed by atoms with Crippen molar-refractivity contribution in [2.24, 2.45) is 5.41 Å². The van der Waals surface area contributed by atoms with Crippen LogP contribution >= 0.6 is 15.9 Å². The first-order valence-corrected chi connectivity index (χ1v) is 7.05. The fraction of sp³-hybridized carbons (Fsp3) is 0.818. The quantitative estimate of drug-likeness (QED) is 0.302. The number of ether oxygens (including phenoxy) is 1. The standard InChI is InChI=1S/C11H16BrNO5.BrH/c12-6-8-5-11(9(14)15,10(16)17)7-13(8)1-3-18-4-2-13;/h8H,1-7H2,(H-,14,15,16,17);1H. The number of hydrogen-bond acceptors (Lipinski definition) is 3. The number of carboxylic acids is 2. The Morgan fingerprint density at radius 3 is 2.21 bits per heavy atom. The van der Waals surface area contributed by atoms with Gasteiger partial charge in [0.2, 0.25) is 5.41 Å². The highest BCUT2D eigenvalue weighted by molar-refractivity contribution is 9.09. The van der Waals surface area contributed by atoms with Crippen LogP contribution in [0.15, 0.2) is 0 Å². The third kappa shape index (κ3) is 2.68. The number of morpholine rings is 1. The summed E-state index contributed by atoms with van der Waals surface area (Å²) in [5.74, 6) is -2.44. The number of halogens is 2. The molecule has 2 aliphatic rings. The van der Waals surface area contributed by atoms with E-state index in [0.717, 1.165) is 0 Å². The average molecular weight is 403 g/mol. The molecule has 2 fully saturated rings. The van der Waals surface area contributed by atoms with Crippen LogP contribution in [-0.4, -0.2) is 70.9 Å². The van der Waals surface area contributed by atoms with E-state index in [1.807, 2.05) is 0 Å². The lowest BCUT2D eigenvalue weighted by atomic mass is 9.86. The number of carbonyl (C=O) groups is 2. The summed E-state index contributed by atoms with van der Waals surface area (Å²) in [4.78, 5) is 22.8. The predicted molar refractivity (Wildman–Crippen MR) is 65.6 cm³/mol. The topological polar surface area (TPSA) is 83.8 Å². The molecule has 1 spiro atoms. The van der Waals surface area contributed by atoms with E-state index in [1.54, 1.807) is 0 Å². The highest BCUT2D eigenvalue weighted by Gasteiger charge is 2.63. The Kier molecular flexibility index (Phi) is 5.39. The first-order chi connectivity index (χ1) is 8.47. The van der Waals surface area contributed by atoms with Gasteiger partial charge in [-0.2, -0.15) is 0 Å². The molecule has 2 rings (SSSR count). The highest BCUT2D eigenvalue weighted by atomic mass is 79.9. The van der Waals surface area contributed by atoms with Gasteiger partial charge in [0.1, 0.15) is 25.7 Å². The molecule has 2 aliphatic heterocycles. The number of hydrogen-bond donors (Lipinski definition) is 2. The minimum atomic E-state index is -1.64. The van der Waals surface area contributed by atoms with Crippen LogP contribution in [-0.2, 0) is 14.3 Å². The van der Waals surface area contributed by atoms with E-state index in [2.05, 4.69) is 15.9 Å². The molecular formula is C11H17Br2NO5. The highest BCUT2D eigenvalue weighted by Crippen LogP contribution is 2.42. The molecule has 110 valence electrons. The van der Waals surface area contributed by atoms with Gasteiger partial charge in [0, 0.05) is 6.42 Å². The maximum atomic E-state index is 11.4. The molecule has 0 amide bonds. The fourth-order valence-electron chi connectivity index (χ4n) is 3.16. The minimum absolute atomic E-state index is 0. The van der Waals surface area contributed by atoms with Crippen molar-refractivity contribution in [1.29, 1.82) is 0 Å². The number of nitrogens with zero attached hydrogens (tertiary/aromatic N) is 1. The van der Waals surface area contributed by atoms with E-state index >= 15 is 0 Å². The Labute approximate surface area is 130 Å². The molecule has 0 aromatic rings. The number of rotatable bonds is 3. The van der Waals surface area contributed by atoms with Crippen LogP contribution in [0.2, 0.25) is 0 Å². The van der Waals surface area contributed by atoms with Crippen molar-refractivity contribution >= 4 is 27.9 Å². The van der Waals surface area contributed by atoms with Crippen molar-refractivity contribution in [2.45, 2.75) is 12.5 Å². The van der Waals surface area contributed by atoms with Gasteiger partial charge in [0.05, 0.1) is 18.5 Å². The van der Waals surface area contributed by atoms with Crippen molar-refractivity contribution in [2.75, 3.05) is 38.2 Å². The van der Waals surface area contributed by atoms with Crippen molar-refractivity contribution < 1.29 is 46.0 Å². The average Bonchev–Trinajstić information content (AvgIpc) is 2.66. The van der Waals surface area contributed by atoms with E-state index in [4.69, 9.17) is 4.74 Å². The summed E-state index contributed by atoms with van der Waals surface area (Å²) in [6.45, 7) is 2.69. The Morgan fingerprint density at radius 1 is 1.26 bits per heavy atom. The van der Waals surface area contributed by atoms with Crippen LogP contribution in [0.1, 0.15) is 6.42 Å². The third-order valence-corrected chi connectivity index (χ3v) is 5.05. The molecule has 6 nitrogen and oxygen atoms in total. The van der Waals surface area contributed by atoms with Crippen LogP contribution in [0.25, 0.3) is 0 Å². The summed E-state index contributed by atoms with van der Waals surface area (Å²) in [5.41, 5.74) is -1.64. The summed E-state index contributed by atoms with van der Waals surface area (Å²) in [7, 11) is 0.